The summed E-state index contributed by atoms with van der Waals surface area (Å²) in [5.41, 5.74) is 0.0345. The molecule has 1 atom stereocenters. The van der Waals surface area contributed by atoms with E-state index < -0.39 is 22.4 Å². The highest BCUT2D eigenvalue weighted by Gasteiger charge is 2.21. The number of likely N-dealkylation sites (N-methyl/N-ethyl adjacent to an activating group) is 1. The number of benzene rings is 1. The van der Waals surface area contributed by atoms with Crippen LogP contribution in [0.15, 0.2) is 17.0 Å². The lowest BCUT2D eigenvalue weighted by Gasteiger charge is -2.18. The van der Waals surface area contributed by atoms with Gasteiger partial charge in [-0.25, -0.2) is 17.5 Å². The molecule has 0 heterocycles. The second-order valence-corrected chi connectivity index (χ2v) is 6.91. The van der Waals surface area contributed by atoms with Crippen LogP contribution in [0.2, 0.25) is 5.02 Å². The van der Waals surface area contributed by atoms with Crippen LogP contribution >= 0.6 is 11.6 Å². The molecule has 1 rings (SSSR count). The third-order valence-corrected chi connectivity index (χ3v) is 4.55. The number of nitrogens with one attached hydrogen (secondary N) is 1. The van der Waals surface area contributed by atoms with E-state index in [1.807, 2.05) is 19.0 Å². The summed E-state index contributed by atoms with van der Waals surface area (Å²) in [5, 5.41) is 8.79. The zero-order valence-corrected chi connectivity index (χ0v) is 13.1. The van der Waals surface area contributed by atoms with Crippen molar-refractivity contribution < 1.29 is 17.9 Å². The molecule has 0 aliphatic rings. The average molecular weight is 325 g/mol. The van der Waals surface area contributed by atoms with Gasteiger partial charge in [0.15, 0.2) is 0 Å². The lowest BCUT2D eigenvalue weighted by atomic mass is 10.2. The van der Waals surface area contributed by atoms with Gasteiger partial charge in [-0.1, -0.05) is 11.6 Å². The number of halogens is 2. The molecule has 0 saturated heterocycles. The number of aliphatic hydroxyl groups excluding tert-OH is 1. The van der Waals surface area contributed by atoms with Crippen molar-refractivity contribution in [3.63, 3.8) is 0 Å². The number of hydrogen-bond donors (Lipinski definition) is 2. The minimum Gasteiger partial charge on any atom is -0.392 e. The molecule has 0 aliphatic heterocycles. The van der Waals surface area contributed by atoms with Crippen molar-refractivity contribution in [3.8, 4) is 0 Å². The van der Waals surface area contributed by atoms with E-state index in [1.54, 1.807) is 6.92 Å². The fourth-order valence-electron chi connectivity index (χ4n) is 1.81. The van der Waals surface area contributed by atoms with E-state index in [1.165, 1.54) is 0 Å². The van der Waals surface area contributed by atoms with Crippen molar-refractivity contribution in [1.82, 2.24) is 9.62 Å². The molecule has 0 aliphatic carbocycles. The van der Waals surface area contributed by atoms with E-state index in [-0.39, 0.29) is 21.5 Å². The summed E-state index contributed by atoms with van der Waals surface area (Å²) in [6.45, 7) is 1.67. The Bertz CT molecular complexity index is 578. The predicted octanol–water partition coefficient (Wildman–Crippen LogP) is 1.20. The molecule has 0 saturated carbocycles. The molecule has 0 amide bonds. The van der Waals surface area contributed by atoms with Crippen LogP contribution < -0.4 is 4.72 Å². The first kappa shape index (κ1) is 17.3. The first-order valence-corrected chi connectivity index (χ1v) is 7.79. The lowest BCUT2D eigenvalue weighted by molar-refractivity contribution is 0.281. The molecule has 1 unspecified atom stereocenters. The first-order chi connectivity index (χ1) is 9.17. The molecule has 114 valence electrons. The largest absolute Gasteiger partial charge is 0.392 e. The molecule has 2 N–H and O–H groups in total. The topological polar surface area (TPSA) is 69.6 Å². The number of aliphatic hydroxyl groups is 1. The summed E-state index contributed by atoms with van der Waals surface area (Å²) in [7, 11) is -0.231. The summed E-state index contributed by atoms with van der Waals surface area (Å²) in [5.74, 6) is -0.876. The first-order valence-electron chi connectivity index (χ1n) is 5.93. The molecule has 0 bridgehead atoms. The fraction of sp³-hybridized carbons (Fsp3) is 0.500. The molecular formula is C12H18ClFN2O3S. The van der Waals surface area contributed by atoms with E-state index >= 15 is 0 Å². The lowest BCUT2D eigenvalue weighted by Crippen LogP contribution is -2.39. The Morgan fingerprint density at radius 1 is 1.45 bits per heavy atom. The summed E-state index contributed by atoms with van der Waals surface area (Å²) in [6, 6.07) is 1.66. The maximum atomic E-state index is 13.6. The highest BCUT2D eigenvalue weighted by atomic mass is 35.5. The third-order valence-electron chi connectivity index (χ3n) is 2.55. The molecule has 0 spiro atoms. The van der Waals surface area contributed by atoms with Crippen molar-refractivity contribution in [2.45, 2.75) is 24.5 Å². The van der Waals surface area contributed by atoms with Crippen molar-refractivity contribution >= 4 is 21.6 Å². The minimum absolute atomic E-state index is 0.0345. The fourth-order valence-corrected chi connectivity index (χ4v) is 3.27. The van der Waals surface area contributed by atoms with E-state index in [0.717, 1.165) is 12.1 Å². The quantitative estimate of drug-likeness (QED) is 0.825. The Hall–Kier alpha value is -0.730. The Labute approximate surface area is 123 Å². The summed E-state index contributed by atoms with van der Waals surface area (Å²) >= 11 is 5.63. The number of hydrogen-bond acceptors (Lipinski definition) is 4. The molecule has 1 aromatic carbocycles. The van der Waals surface area contributed by atoms with Gasteiger partial charge in [-0.3, -0.25) is 0 Å². The monoisotopic (exact) mass is 324 g/mol. The summed E-state index contributed by atoms with van der Waals surface area (Å²) < 4.78 is 40.3. The average Bonchev–Trinajstić information content (AvgIpc) is 2.30. The van der Waals surface area contributed by atoms with Gasteiger partial charge in [-0.05, 0) is 33.2 Å². The summed E-state index contributed by atoms with van der Waals surface area (Å²) in [6.07, 6.45) is 0. The smallest absolute Gasteiger partial charge is 0.240 e. The van der Waals surface area contributed by atoms with E-state index in [4.69, 9.17) is 16.7 Å². The van der Waals surface area contributed by atoms with Gasteiger partial charge in [0, 0.05) is 18.2 Å². The van der Waals surface area contributed by atoms with Crippen molar-refractivity contribution in [2.75, 3.05) is 20.6 Å². The second kappa shape index (κ2) is 6.82. The third kappa shape index (κ3) is 4.39. The minimum atomic E-state index is -3.86. The predicted molar refractivity (Wildman–Crippen MR) is 75.7 cm³/mol. The second-order valence-electron chi connectivity index (χ2n) is 4.82. The van der Waals surface area contributed by atoms with Crippen molar-refractivity contribution in [1.29, 1.82) is 0 Å². The zero-order valence-electron chi connectivity index (χ0n) is 11.5. The molecule has 0 aromatic heterocycles. The Balaban J connectivity index is 3.07. The van der Waals surface area contributed by atoms with Gasteiger partial charge in [0.2, 0.25) is 10.0 Å². The van der Waals surface area contributed by atoms with E-state index in [9.17, 15) is 12.8 Å². The maximum absolute atomic E-state index is 13.6. The van der Waals surface area contributed by atoms with E-state index in [0.29, 0.717) is 6.54 Å². The highest BCUT2D eigenvalue weighted by Crippen LogP contribution is 2.24. The van der Waals surface area contributed by atoms with Gasteiger partial charge in [-0.2, -0.15) is 0 Å². The van der Waals surface area contributed by atoms with Gasteiger partial charge < -0.3 is 10.0 Å². The van der Waals surface area contributed by atoms with Crippen molar-refractivity contribution in [3.05, 3.63) is 28.5 Å². The molecule has 1 aromatic rings. The number of sulfonamides is 1. The molecule has 20 heavy (non-hydrogen) atoms. The van der Waals surface area contributed by atoms with Crippen LogP contribution in [0.3, 0.4) is 0 Å². The van der Waals surface area contributed by atoms with Crippen LogP contribution in [0, 0.1) is 5.82 Å². The molecular weight excluding hydrogens is 307 g/mol. The summed E-state index contributed by atoms with van der Waals surface area (Å²) in [4.78, 5) is 1.57. The molecule has 5 nitrogen and oxygen atoms in total. The normalized spacial score (nSPS) is 13.8. The number of nitrogens with zero attached hydrogens (tertiary/aromatic N) is 1. The highest BCUT2D eigenvalue weighted by molar-refractivity contribution is 7.89. The maximum Gasteiger partial charge on any atom is 0.240 e. The Morgan fingerprint density at radius 3 is 2.55 bits per heavy atom. The van der Waals surface area contributed by atoms with Crippen LogP contribution in [-0.4, -0.2) is 45.1 Å². The van der Waals surface area contributed by atoms with Gasteiger partial charge in [0.1, 0.15) is 5.82 Å². The standard InChI is InChI=1S/C12H18ClFN2O3S/c1-8(6-16(2)3)15-20(18,19)10-4-9(7-17)12(13)11(14)5-10/h4-5,8,15,17H,6-7H2,1-3H3. The van der Waals surface area contributed by atoms with Gasteiger partial charge in [0.25, 0.3) is 0 Å². The number of rotatable bonds is 6. The van der Waals surface area contributed by atoms with Crippen LogP contribution in [0.1, 0.15) is 12.5 Å². The van der Waals surface area contributed by atoms with Crippen LogP contribution in [0.5, 0.6) is 0 Å². The van der Waals surface area contributed by atoms with E-state index in [2.05, 4.69) is 4.72 Å². The van der Waals surface area contributed by atoms with Gasteiger partial charge in [0.05, 0.1) is 16.5 Å². The van der Waals surface area contributed by atoms with Crippen molar-refractivity contribution in [2.24, 2.45) is 0 Å². The molecule has 0 fully saturated rings. The van der Waals surface area contributed by atoms with Gasteiger partial charge in [-0.15, -0.1) is 0 Å². The Morgan fingerprint density at radius 2 is 2.05 bits per heavy atom. The van der Waals surface area contributed by atoms with Crippen LogP contribution in [0.25, 0.3) is 0 Å². The van der Waals surface area contributed by atoms with Crippen LogP contribution in [0.4, 0.5) is 4.39 Å². The SMILES string of the molecule is CC(CN(C)C)NS(=O)(=O)c1cc(F)c(Cl)c(CO)c1. The van der Waals surface area contributed by atoms with Crippen LogP contribution in [-0.2, 0) is 16.6 Å². The zero-order chi connectivity index (χ0) is 15.5. The Kier molecular flexibility index (Phi) is 5.91. The molecule has 0 radical (unpaired) electrons. The molecule has 8 heteroatoms. The van der Waals surface area contributed by atoms with Gasteiger partial charge >= 0.3 is 0 Å².